The van der Waals surface area contributed by atoms with Gasteiger partial charge in [0.2, 0.25) is 5.91 Å². The van der Waals surface area contributed by atoms with E-state index in [1.807, 2.05) is 11.8 Å². The van der Waals surface area contributed by atoms with E-state index in [-0.39, 0.29) is 12.5 Å². The number of carbonyl (C=O) groups is 1. The lowest BCUT2D eigenvalue weighted by atomic mass is 10.1. The number of carbonyl (C=O) groups excluding carboxylic acids is 1. The number of amides is 1. The SMILES string of the molecule is CCNC(=NCC(=O)N1CCCCC1)NCCCn1ccc2ccccc21. The molecule has 6 nitrogen and oxygen atoms in total. The third-order valence-corrected chi connectivity index (χ3v) is 4.97. The Morgan fingerprint density at radius 3 is 2.74 bits per heavy atom. The van der Waals surface area contributed by atoms with Gasteiger partial charge in [0.15, 0.2) is 5.96 Å². The van der Waals surface area contributed by atoms with Crippen molar-refractivity contribution in [2.24, 2.45) is 4.99 Å². The van der Waals surface area contributed by atoms with Gasteiger partial charge in [-0.3, -0.25) is 4.79 Å². The van der Waals surface area contributed by atoms with Gasteiger partial charge in [0.1, 0.15) is 6.54 Å². The summed E-state index contributed by atoms with van der Waals surface area (Å²) >= 11 is 0. The van der Waals surface area contributed by atoms with Crippen LogP contribution < -0.4 is 10.6 Å². The van der Waals surface area contributed by atoms with Crippen molar-refractivity contribution in [3.8, 4) is 0 Å². The molecule has 0 aliphatic carbocycles. The Morgan fingerprint density at radius 1 is 1.11 bits per heavy atom. The summed E-state index contributed by atoms with van der Waals surface area (Å²) < 4.78 is 2.28. The van der Waals surface area contributed by atoms with Crippen molar-refractivity contribution >= 4 is 22.8 Å². The van der Waals surface area contributed by atoms with Crippen LogP contribution in [0.3, 0.4) is 0 Å². The molecule has 2 N–H and O–H groups in total. The number of fused-ring (bicyclic) bond motifs is 1. The van der Waals surface area contributed by atoms with Gasteiger partial charge in [-0.15, -0.1) is 0 Å². The number of nitrogens with one attached hydrogen (secondary N) is 2. The fraction of sp³-hybridized carbons (Fsp3) is 0.524. The molecule has 3 rings (SSSR count). The second-order valence-corrected chi connectivity index (χ2v) is 6.98. The summed E-state index contributed by atoms with van der Waals surface area (Å²) in [6.45, 7) is 6.56. The van der Waals surface area contributed by atoms with Crippen LogP contribution in [0, 0.1) is 0 Å². The number of hydrogen-bond acceptors (Lipinski definition) is 2. The summed E-state index contributed by atoms with van der Waals surface area (Å²) in [7, 11) is 0. The number of para-hydroxylation sites is 1. The topological polar surface area (TPSA) is 61.7 Å². The lowest BCUT2D eigenvalue weighted by Gasteiger charge is -2.26. The summed E-state index contributed by atoms with van der Waals surface area (Å²) in [5, 5.41) is 7.84. The quantitative estimate of drug-likeness (QED) is 0.448. The minimum Gasteiger partial charge on any atom is -0.357 e. The smallest absolute Gasteiger partial charge is 0.244 e. The van der Waals surface area contributed by atoms with Crippen LogP contribution >= 0.6 is 0 Å². The van der Waals surface area contributed by atoms with E-state index < -0.39 is 0 Å². The van der Waals surface area contributed by atoms with Crippen molar-refractivity contribution in [1.82, 2.24) is 20.1 Å². The number of guanidine groups is 1. The third kappa shape index (κ3) is 5.49. The number of aryl methyl sites for hydroxylation is 1. The van der Waals surface area contributed by atoms with Crippen molar-refractivity contribution in [2.75, 3.05) is 32.7 Å². The van der Waals surface area contributed by atoms with E-state index in [0.29, 0.717) is 0 Å². The molecule has 1 aliphatic heterocycles. The molecule has 1 aliphatic rings. The molecule has 1 aromatic heterocycles. The number of aromatic nitrogens is 1. The van der Waals surface area contributed by atoms with Crippen LogP contribution in [0.2, 0.25) is 0 Å². The molecule has 1 fully saturated rings. The molecule has 0 atom stereocenters. The van der Waals surface area contributed by atoms with E-state index in [9.17, 15) is 4.79 Å². The van der Waals surface area contributed by atoms with Gasteiger partial charge in [-0.25, -0.2) is 4.99 Å². The Balaban J connectivity index is 1.45. The van der Waals surface area contributed by atoms with Gasteiger partial charge in [-0.1, -0.05) is 18.2 Å². The fourth-order valence-corrected chi connectivity index (χ4v) is 3.52. The van der Waals surface area contributed by atoms with E-state index in [4.69, 9.17) is 0 Å². The number of hydrogen-bond donors (Lipinski definition) is 2. The highest BCUT2D eigenvalue weighted by molar-refractivity contribution is 5.85. The summed E-state index contributed by atoms with van der Waals surface area (Å²) in [6, 6.07) is 10.6. The number of nitrogens with zero attached hydrogens (tertiary/aromatic N) is 3. The fourth-order valence-electron chi connectivity index (χ4n) is 3.52. The van der Waals surface area contributed by atoms with E-state index in [1.54, 1.807) is 0 Å². The lowest BCUT2D eigenvalue weighted by Crippen LogP contribution is -2.40. The molecule has 2 aromatic rings. The normalized spacial score (nSPS) is 15.1. The second kappa shape index (κ2) is 10.00. The van der Waals surface area contributed by atoms with Crippen LogP contribution in [0.5, 0.6) is 0 Å². The average Bonchev–Trinajstić information content (AvgIpc) is 3.13. The number of benzene rings is 1. The van der Waals surface area contributed by atoms with E-state index >= 15 is 0 Å². The maximum absolute atomic E-state index is 12.3. The zero-order valence-electron chi connectivity index (χ0n) is 16.3. The van der Waals surface area contributed by atoms with Crippen LogP contribution in [0.4, 0.5) is 0 Å². The predicted molar refractivity (Wildman–Crippen MR) is 111 cm³/mol. The Kier molecular flexibility index (Phi) is 7.13. The number of aliphatic imine (C=N–C) groups is 1. The van der Waals surface area contributed by atoms with Gasteiger partial charge >= 0.3 is 0 Å². The van der Waals surface area contributed by atoms with Gasteiger partial charge in [-0.2, -0.15) is 0 Å². The van der Waals surface area contributed by atoms with Crippen molar-refractivity contribution in [3.05, 3.63) is 36.5 Å². The van der Waals surface area contributed by atoms with Gasteiger partial charge < -0.3 is 20.1 Å². The molecule has 0 unspecified atom stereocenters. The van der Waals surface area contributed by atoms with Crippen LogP contribution in [-0.4, -0.2) is 54.1 Å². The molecule has 0 radical (unpaired) electrons. The molecular weight excluding hydrogens is 338 g/mol. The van der Waals surface area contributed by atoms with Crippen molar-refractivity contribution in [3.63, 3.8) is 0 Å². The van der Waals surface area contributed by atoms with E-state index in [2.05, 4.69) is 56.7 Å². The monoisotopic (exact) mass is 369 g/mol. The van der Waals surface area contributed by atoms with Crippen LogP contribution in [-0.2, 0) is 11.3 Å². The maximum atomic E-state index is 12.3. The molecule has 0 saturated carbocycles. The van der Waals surface area contributed by atoms with Crippen LogP contribution in [0.1, 0.15) is 32.6 Å². The minimum atomic E-state index is 0.130. The Labute approximate surface area is 161 Å². The molecule has 0 spiro atoms. The zero-order chi connectivity index (χ0) is 18.9. The molecule has 1 aromatic carbocycles. The highest BCUT2D eigenvalue weighted by Crippen LogP contribution is 2.15. The van der Waals surface area contributed by atoms with Gasteiger partial charge in [0.25, 0.3) is 0 Å². The molecule has 6 heteroatoms. The van der Waals surface area contributed by atoms with Gasteiger partial charge in [0, 0.05) is 44.4 Å². The highest BCUT2D eigenvalue weighted by Gasteiger charge is 2.15. The summed E-state index contributed by atoms with van der Waals surface area (Å²) in [5.41, 5.74) is 1.27. The lowest BCUT2D eigenvalue weighted by molar-refractivity contribution is -0.130. The highest BCUT2D eigenvalue weighted by atomic mass is 16.2. The van der Waals surface area contributed by atoms with Crippen LogP contribution in [0.25, 0.3) is 10.9 Å². The van der Waals surface area contributed by atoms with Gasteiger partial charge in [0.05, 0.1) is 0 Å². The first kappa shape index (κ1) is 19.3. The Morgan fingerprint density at radius 2 is 1.93 bits per heavy atom. The van der Waals surface area contributed by atoms with Crippen molar-refractivity contribution < 1.29 is 4.79 Å². The average molecular weight is 370 g/mol. The minimum absolute atomic E-state index is 0.130. The number of rotatable bonds is 7. The van der Waals surface area contributed by atoms with E-state index in [1.165, 1.54) is 17.3 Å². The first-order valence-corrected chi connectivity index (χ1v) is 10.1. The number of piperidine rings is 1. The third-order valence-electron chi connectivity index (χ3n) is 4.97. The van der Waals surface area contributed by atoms with E-state index in [0.717, 1.165) is 57.9 Å². The molecule has 27 heavy (non-hydrogen) atoms. The number of likely N-dealkylation sites (tertiary alicyclic amines) is 1. The maximum Gasteiger partial charge on any atom is 0.244 e. The Bertz CT molecular complexity index is 761. The molecule has 1 saturated heterocycles. The second-order valence-electron chi connectivity index (χ2n) is 6.98. The van der Waals surface area contributed by atoms with Crippen molar-refractivity contribution in [1.29, 1.82) is 0 Å². The summed E-state index contributed by atoms with van der Waals surface area (Å²) in [4.78, 5) is 18.7. The molecule has 146 valence electrons. The summed E-state index contributed by atoms with van der Waals surface area (Å²) in [6.07, 6.45) is 6.59. The van der Waals surface area contributed by atoms with Crippen molar-refractivity contribution in [2.45, 2.75) is 39.2 Å². The largest absolute Gasteiger partial charge is 0.357 e. The van der Waals surface area contributed by atoms with Crippen LogP contribution in [0.15, 0.2) is 41.5 Å². The molecule has 2 heterocycles. The molecule has 1 amide bonds. The first-order chi connectivity index (χ1) is 13.3. The standard InChI is InChI=1S/C21H31N5O/c1-2-22-21(24-17-20(27)26-13-6-3-7-14-26)23-12-8-15-25-16-11-18-9-4-5-10-19(18)25/h4-5,9-11,16H,2-3,6-8,12-15,17H2,1H3,(H2,22,23,24). The zero-order valence-corrected chi connectivity index (χ0v) is 16.3. The molecular formula is C21H31N5O. The van der Waals surface area contributed by atoms with Gasteiger partial charge in [-0.05, 0) is 50.1 Å². The predicted octanol–water partition coefficient (Wildman–Crippen LogP) is 2.60. The summed E-state index contributed by atoms with van der Waals surface area (Å²) in [5.74, 6) is 0.853. The molecule has 0 bridgehead atoms. The Hall–Kier alpha value is -2.50. The first-order valence-electron chi connectivity index (χ1n) is 10.1.